The summed E-state index contributed by atoms with van der Waals surface area (Å²) in [7, 11) is 0. The predicted molar refractivity (Wildman–Crippen MR) is 142 cm³/mol. The molecule has 0 saturated carbocycles. The van der Waals surface area contributed by atoms with Gasteiger partial charge in [-0.25, -0.2) is 4.98 Å². The lowest BCUT2D eigenvalue weighted by Crippen LogP contribution is -2.40. The molecule has 2 aliphatic rings. The van der Waals surface area contributed by atoms with Crippen molar-refractivity contribution >= 4 is 23.4 Å². The van der Waals surface area contributed by atoms with Gasteiger partial charge >= 0.3 is 0 Å². The number of nitrogens with two attached hydrogens (primary N) is 1. The first kappa shape index (κ1) is 23.7. The molecule has 0 aliphatic carbocycles. The van der Waals surface area contributed by atoms with Crippen molar-refractivity contribution in [2.45, 2.75) is 25.8 Å². The van der Waals surface area contributed by atoms with Gasteiger partial charge in [-0.1, -0.05) is 24.3 Å². The molecule has 1 fully saturated rings. The number of pyridine rings is 1. The number of nitrogens with zero attached hydrogens (tertiary/aromatic N) is 3. The number of hydrogen-bond acceptors (Lipinski definition) is 5. The van der Waals surface area contributed by atoms with E-state index in [1.807, 2.05) is 35.2 Å². The van der Waals surface area contributed by atoms with E-state index in [2.05, 4.69) is 33.4 Å². The Morgan fingerprint density at radius 1 is 1.06 bits per heavy atom. The first-order chi connectivity index (χ1) is 17.5. The van der Waals surface area contributed by atoms with Gasteiger partial charge in [-0.2, -0.15) is 0 Å². The number of rotatable bonds is 6. The van der Waals surface area contributed by atoms with Crippen molar-refractivity contribution in [2.24, 2.45) is 11.7 Å². The molecule has 8 heteroatoms. The van der Waals surface area contributed by atoms with E-state index in [1.54, 1.807) is 18.3 Å². The van der Waals surface area contributed by atoms with Crippen LogP contribution in [0.2, 0.25) is 0 Å². The maximum atomic E-state index is 12.3. The standard InChI is InChI=1S/C28H32N6O2/c29-28(30)34-15-12-21-6-8-25(16-23(21)18-34)36-19-20-10-13-33(14-11-20)26-9-7-24(17-31-26)32-27(35)22-4-2-1-3-5-22/h1-9,16-17,20H,10-15,18-19H2,(H3,29,30)(H,32,35). The third-order valence-electron chi connectivity index (χ3n) is 7.00. The smallest absolute Gasteiger partial charge is 0.255 e. The second-order valence-corrected chi connectivity index (χ2v) is 9.45. The Morgan fingerprint density at radius 2 is 1.86 bits per heavy atom. The number of carbonyl (C=O) groups is 1. The van der Waals surface area contributed by atoms with E-state index in [0.717, 1.165) is 50.5 Å². The molecule has 3 aromatic rings. The summed E-state index contributed by atoms with van der Waals surface area (Å²) in [5, 5.41) is 10.6. The number of hydrogen-bond donors (Lipinski definition) is 3. The summed E-state index contributed by atoms with van der Waals surface area (Å²) in [5.74, 6) is 2.30. The van der Waals surface area contributed by atoms with E-state index in [4.69, 9.17) is 15.9 Å². The zero-order valence-corrected chi connectivity index (χ0v) is 20.3. The zero-order valence-electron chi connectivity index (χ0n) is 20.3. The SMILES string of the molecule is N=C(N)N1CCc2ccc(OCC3CCN(c4ccc(NC(=O)c5ccccc5)cn4)CC3)cc2C1. The van der Waals surface area contributed by atoms with E-state index in [-0.39, 0.29) is 11.9 Å². The Balaban J connectivity index is 1.09. The molecular formula is C28H32N6O2. The highest BCUT2D eigenvalue weighted by Gasteiger charge is 2.22. The molecule has 8 nitrogen and oxygen atoms in total. The van der Waals surface area contributed by atoms with Crippen LogP contribution in [0.5, 0.6) is 5.75 Å². The summed E-state index contributed by atoms with van der Waals surface area (Å²) in [6.45, 7) is 4.01. The van der Waals surface area contributed by atoms with Crippen LogP contribution in [-0.2, 0) is 13.0 Å². The highest BCUT2D eigenvalue weighted by Crippen LogP contribution is 2.26. The minimum atomic E-state index is -0.138. The number of anilines is 2. The van der Waals surface area contributed by atoms with Gasteiger partial charge in [0.1, 0.15) is 11.6 Å². The number of nitrogens with one attached hydrogen (secondary N) is 2. The number of aromatic nitrogens is 1. The van der Waals surface area contributed by atoms with Crippen molar-refractivity contribution in [3.8, 4) is 5.75 Å². The molecule has 1 saturated heterocycles. The molecule has 2 aromatic carbocycles. The van der Waals surface area contributed by atoms with Gasteiger partial charge in [-0.15, -0.1) is 0 Å². The Hall–Kier alpha value is -4.07. The van der Waals surface area contributed by atoms with Crippen LogP contribution in [0.1, 0.15) is 34.3 Å². The fourth-order valence-corrected chi connectivity index (χ4v) is 4.81. The molecule has 0 unspecified atom stereocenters. The van der Waals surface area contributed by atoms with Crippen LogP contribution in [-0.4, -0.2) is 48.0 Å². The molecule has 3 heterocycles. The fraction of sp³-hybridized carbons (Fsp3) is 0.321. The average molecular weight is 485 g/mol. The van der Waals surface area contributed by atoms with Gasteiger partial charge in [0.25, 0.3) is 5.91 Å². The molecule has 1 aromatic heterocycles. The minimum absolute atomic E-state index is 0.125. The lowest BCUT2D eigenvalue weighted by molar-refractivity contribution is 0.102. The average Bonchev–Trinajstić information content (AvgIpc) is 2.92. The number of guanidine groups is 1. The van der Waals surface area contributed by atoms with Crippen LogP contribution in [0.15, 0.2) is 66.9 Å². The Bertz CT molecular complexity index is 1210. The lowest BCUT2D eigenvalue weighted by Gasteiger charge is -2.33. The maximum Gasteiger partial charge on any atom is 0.255 e. The quantitative estimate of drug-likeness (QED) is 0.362. The van der Waals surface area contributed by atoms with Crippen molar-refractivity contribution in [2.75, 3.05) is 36.5 Å². The highest BCUT2D eigenvalue weighted by atomic mass is 16.5. The molecule has 0 bridgehead atoms. The van der Waals surface area contributed by atoms with Gasteiger partial charge < -0.3 is 25.6 Å². The molecule has 0 spiro atoms. The van der Waals surface area contributed by atoms with Crippen LogP contribution in [0.4, 0.5) is 11.5 Å². The molecule has 36 heavy (non-hydrogen) atoms. The minimum Gasteiger partial charge on any atom is -0.493 e. The van der Waals surface area contributed by atoms with Crippen molar-refractivity contribution in [1.29, 1.82) is 5.41 Å². The Morgan fingerprint density at radius 3 is 2.58 bits per heavy atom. The number of ether oxygens (including phenoxy) is 1. The van der Waals surface area contributed by atoms with Crippen LogP contribution in [0, 0.1) is 11.3 Å². The summed E-state index contributed by atoms with van der Waals surface area (Å²) >= 11 is 0. The number of piperidine rings is 1. The van der Waals surface area contributed by atoms with Crippen molar-refractivity contribution in [3.05, 3.63) is 83.6 Å². The van der Waals surface area contributed by atoms with Gasteiger partial charge in [0, 0.05) is 31.7 Å². The normalized spacial score (nSPS) is 15.8. The summed E-state index contributed by atoms with van der Waals surface area (Å²) in [5.41, 5.74) is 9.49. The number of benzene rings is 2. The largest absolute Gasteiger partial charge is 0.493 e. The molecule has 186 valence electrons. The van der Waals surface area contributed by atoms with E-state index in [1.165, 1.54) is 11.1 Å². The third-order valence-corrected chi connectivity index (χ3v) is 7.00. The fourth-order valence-electron chi connectivity index (χ4n) is 4.81. The van der Waals surface area contributed by atoms with Gasteiger partial charge in [0.05, 0.1) is 18.5 Å². The van der Waals surface area contributed by atoms with E-state index < -0.39 is 0 Å². The number of carbonyl (C=O) groups excluding carboxylic acids is 1. The first-order valence-corrected chi connectivity index (χ1v) is 12.5. The zero-order chi connectivity index (χ0) is 24.9. The molecule has 5 rings (SSSR count). The van der Waals surface area contributed by atoms with Gasteiger partial charge in [-0.3, -0.25) is 10.2 Å². The second-order valence-electron chi connectivity index (χ2n) is 9.45. The van der Waals surface area contributed by atoms with Gasteiger partial charge in [-0.05, 0) is 72.7 Å². The monoisotopic (exact) mass is 484 g/mol. The lowest BCUT2D eigenvalue weighted by atomic mass is 9.97. The summed E-state index contributed by atoms with van der Waals surface area (Å²) < 4.78 is 6.16. The Labute approximate surface area is 211 Å². The highest BCUT2D eigenvalue weighted by molar-refractivity contribution is 6.04. The van der Waals surface area contributed by atoms with Gasteiger partial charge in [0.15, 0.2) is 5.96 Å². The molecule has 1 amide bonds. The second kappa shape index (κ2) is 10.7. The van der Waals surface area contributed by atoms with Crippen LogP contribution >= 0.6 is 0 Å². The van der Waals surface area contributed by atoms with Crippen LogP contribution in [0.25, 0.3) is 0 Å². The van der Waals surface area contributed by atoms with Crippen molar-refractivity contribution in [3.63, 3.8) is 0 Å². The molecule has 0 radical (unpaired) electrons. The summed E-state index contributed by atoms with van der Waals surface area (Å²) in [4.78, 5) is 21.1. The topological polar surface area (TPSA) is 108 Å². The molecule has 2 aliphatic heterocycles. The molecule has 0 atom stereocenters. The number of fused-ring (bicyclic) bond motifs is 1. The molecule has 4 N–H and O–H groups in total. The van der Waals surface area contributed by atoms with E-state index >= 15 is 0 Å². The van der Waals surface area contributed by atoms with Crippen molar-refractivity contribution < 1.29 is 9.53 Å². The van der Waals surface area contributed by atoms with Crippen molar-refractivity contribution in [1.82, 2.24) is 9.88 Å². The van der Waals surface area contributed by atoms with E-state index in [9.17, 15) is 4.79 Å². The van der Waals surface area contributed by atoms with Crippen LogP contribution < -0.4 is 20.7 Å². The van der Waals surface area contributed by atoms with Crippen LogP contribution in [0.3, 0.4) is 0 Å². The number of amides is 1. The summed E-state index contributed by atoms with van der Waals surface area (Å²) in [6, 6.07) is 19.3. The summed E-state index contributed by atoms with van der Waals surface area (Å²) in [6.07, 6.45) is 4.70. The molecular weight excluding hydrogens is 452 g/mol. The van der Waals surface area contributed by atoms with E-state index in [0.29, 0.717) is 30.3 Å². The maximum absolute atomic E-state index is 12.3. The predicted octanol–water partition coefficient (Wildman–Crippen LogP) is 3.88. The third kappa shape index (κ3) is 5.59. The first-order valence-electron chi connectivity index (χ1n) is 12.5. The van der Waals surface area contributed by atoms with Gasteiger partial charge in [0.2, 0.25) is 0 Å². The Kier molecular flexibility index (Phi) is 7.02.